The number of imide groups is 2. The van der Waals surface area contributed by atoms with Crippen LogP contribution in [0.15, 0.2) is 70.7 Å². The molecule has 29 heavy (non-hydrogen) atoms. The van der Waals surface area contributed by atoms with Crippen LogP contribution in [-0.4, -0.2) is 17.8 Å². The first-order valence-corrected chi connectivity index (χ1v) is 8.83. The number of carbonyl (C=O) groups is 3. The van der Waals surface area contributed by atoms with Crippen molar-refractivity contribution in [1.82, 2.24) is 5.32 Å². The largest absolute Gasteiger partial charge is 0.457 e. The number of amides is 4. The molecule has 0 atom stereocenters. The maximum Gasteiger partial charge on any atom is 0.335 e. The summed E-state index contributed by atoms with van der Waals surface area (Å²) in [6.45, 7) is 0. The number of hydrogen-bond acceptors (Lipinski definition) is 4. The summed E-state index contributed by atoms with van der Waals surface area (Å²) in [6, 6.07) is 14.1. The van der Waals surface area contributed by atoms with E-state index in [9.17, 15) is 18.8 Å². The van der Waals surface area contributed by atoms with Gasteiger partial charge in [0.2, 0.25) is 0 Å². The quantitative estimate of drug-likeness (QED) is 0.512. The summed E-state index contributed by atoms with van der Waals surface area (Å²) in [5.41, 5.74) is 0.634. The second kappa shape index (κ2) is 7.37. The van der Waals surface area contributed by atoms with E-state index < -0.39 is 17.8 Å². The van der Waals surface area contributed by atoms with Crippen LogP contribution in [0.2, 0.25) is 5.02 Å². The summed E-state index contributed by atoms with van der Waals surface area (Å²) in [5.74, 6) is -1.33. The Morgan fingerprint density at radius 3 is 2.31 bits per heavy atom. The monoisotopic (exact) mass is 410 g/mol. The van der Waals surface area contributed by atoms with Gasteiger partial charge in [-0.1, -0.05) is 11.6 Å². The molecule has 6 nitrogen and oxygen atoms in total. The predicted molar refractivity (Wildman–Crippen MR) is 105 cm³/mol. The number of urea groups is 1. The molecule has 1 saturated heterocycles. The van der Waals surface area contributed by atoms with Crippen LogP contribution < -0.4 is 10.2 Å². The van der Waals surface area contributed by atoms with Gasteiger partial charge in [-0.25, -0.2) is 14.1 Å². The Balaban J connectivity index is 1.66. The van der Waals surface area contributed by atoms with E-state index in [1.54, 1.807) is 24.3 Å². The van der Waals surface area contributed by atoms with E-state index in [0.717, 1.165) is 4.90 Å². The molecular weight excluding hydrogens is 399 g/mol. The standard InChI is InChI=1S/C21H12ClFN2O4/c22-13-3-7-15(8-4-13)25-20(27)17(19(26)24-21(25)28)11-16-9-10-18(29-16)12-1-5-14(23)6-2-12/h1-11H,(H,24,26,28)/b17-11+. The van der Waals surface area contributed by atoms with Crippen LogP contribution in [0, 0.1) is 5.82 Å². The number of halogens is 2. The number of hydrogen-bond donors (Lipinski definition) is 1. The molecule has 0 aliphatic carbocycles. The van der Waals surface area contributed by atoms with Crippen molar-refractivity contribution in [2.24, 2.45) is 0 Å². The van der Waals surface area contributed by atoms with Crippen LogP contribution in [0.5, 0.6) is 0 Å². The fourth-order valence-electron chi connectivity index (χ4n) is 2.82. The average Bonchev–Trinajstić information content (AvgIpc) is 3.16. The molecule has 2 heterocycles. The van der Waals surface area contributed by atoms with Crippen molar-refractivity contribution in [2.75, 3.05) is 4.90 Å². The van der Waals surface area contributed by atoms with Gasteiger partial charge >= 0.3 is 6.03 Å². The Bertz CT molecular complexity index is 1150. The molecule has 0 spiro atoms. The summed E-state index contributed by atoms with van der Waals surface area (Å²) in [7, 11) is 0. The smallest absolute Gasteiger partial charge is 0.335 e. The molecule has 8 heteroatoms. The SMILES string of the molecule is O=C1NC(=O)N(c2ccc(Cl)cc2)C(=O)/C1=C/c1ccc(-c2ccc(F)cc2)o1. The van der Waals surface area contributed by atoms with Crippen molar-refractivity contribution in [1.29, 1.82) is 0 Å². The molecule has 0 saturated carbocycles. The van der Waals surface area contributed by atoms with Gasteiger partial charge in [-0.05, 0) is 66.7 Å². The van der Waals surface area contributed by atoms with Crippen LogP contribution in [-0.2, 0) is 9.59 Å². The molecule has 1 aliphatic rings. The lowest BCUT2D eigenvalue weighted by Crippen LogP contribution is -2.54. The van der Waals surface area contributed by atoms with Gasteiger partial charge in [0.25, 0.3) is 11.8 Å². The first kappa shape index (κ1) is 18.6. The Morgan fingerprint density at radius 2 is 1.62 bits per heavy atom. The minimum absolute atomic E-state index is 0.230. The number of nitrogens with one attached hydrogen (secondary N) is 1. The van der Waals surface area contributed by atoms with Crippen LogP contribution in [0.25, 0.3) is 17.4 Å². The molecule has 0 radical (unpaired) electrons. The maximum atomic E-state index is 13.1. The average molecular weight is 411 g/mol. The zero-order valence-electron chi connectivity index (χ0n) is 14.7. The fraction of sp³-hybridized carbons (Fsp3) is 0. The third-order valence-electron chi connectivity index (χ3n) is 4.23. The van der Waals surface area contributed by atoms with Crippen molar-refractivity contribution in [3.63, 3.8) is 0 Å². The molecule has 144 valence electrons. The molecule has 1 aromatic heterocycles. The minimum atomic E-state index is -0.856. The van der Waals surface area contributed by atoms with Crippen LogP contribution in [0.3, 0.4) is 0 Å². The number of furan rings is 1. The molecule has 0 bridgehead atoms. The van der Waals surface area contributed by atoms with Gasteiger partial charge in [0.05, 0.1) is 5.69 Å². The summed E-state index contributed by atoms with van der Waals surface area (Å²) in [6.07, 6.45) is 1.25. The van der Waals surface area contributed by atoms with Crippen molar-refractivity contribution < 1.29 is 23.2 Å². The lowest BCUT2D eigenvalue weighted by Gasteiger charge is -2.26. The molecule has 1 N–H and O–H groups in total. The highest BCUT2D eigenvalue weighted by Gasteiger charge is 2.37. The van der Waals surface area contributed by atoms with Gasteiger partial charge in [0, 0.05) is 10.6 Å². The highest BCUT2D eigenvalue weighted by Crippen LogP contribution is 2.26. The van der Waals surface area contributed by atoms with Gasteiger partial charge in [-0.3, -0.25) is 14.9 Å². The van der Waals surface area contributed by atoms with Crippen LogP contribution in [0.1, 0.15) is 5.76 Å². The zero-order valence-corrected chi connectivity index (χ0v) is 15.4. The molecule has 4 rings (SSSR count). The molecule has 2 aromatic carbocycles. The van der Waals surface area contributed by atoms with E-state index in [4.69, 9.17) is 16.0 Å². The van der Waals surface area contributed by atoms with E-state index in [-0.39, 0.29) is 22.8 Å². The van der Waals surface area contributed by atoms with Gasteiger partial charge in [-0.2, -0.15) is 0 Å². The van der Waals surface area contributed by atoms with Gasteiger partial charge < -0.3 is 4.42 Å². The highest BCUT2D eigenvalue weighted by atomic mass is 35.5. The molecule has 4 amide bonds. The Hall–Kier alpha value is -3.71. The predicted octanol–water partition coefficient (Wildman–Crippen LogP) is 4.41. The van der Waals surface area contributed by atoms with E-state index in [1.807, 2.05) is 0 Å². The summed E-state index contributed by atoms with van der Waals surface area (Å²) in [5, 5.41) is 2.57. The van der Waals surface area contributed by atoms with E-state index in [0.29, 0.717) is 16.3 Å². The maximum absolute atomic E-state index is 13.1. The first-order chi connectivity index (χ1) is 13.9. The third kappa shape index (κ3) is 3.68. The molecule has 1 fully saturated rings. The van der Waals surface area contributed by atoms with Crippen molar-refractivity contribution in [3.8, 4) is 11.3 Å². The van der Waals surface area contributed by atoms with E-state index in [1.165, 1.54) is 42.5 Å². The summed E-state index contributed by atoms with van der Waals surface area (Å²) >= 11 is 5.84. The number of barbiturate groups is 1. The molecule has 1 aliphatic heterocycles. The van der Waals surface area contributed by atoms with Crippen LogP contribution >= 0.6 is 11.6 Å². The zero-order chi connectivity index (χ0) is 20.5. The Kier molecular flexibility index (Phi) is 4.74. The normalized spacial score (nSPS) is 15.7. The lowest BCUT2D eigenvalue weighted by molar-refractivity contribution is -0.122. The van der Waals surface area contributed by atoms with Gasteiger partial charge in [-0.15, -0.1) is 0 Å². The second-order valence-corrected chi connectivity index (χ2v) is 6.58. The topological polar surface area (TPSA) is 79.6 Å². The summed E-state index contributed by atoms with van der Waals surface area (Å²) < 4.78 is 18.7. The molecule has 0 unspecified atom stereocenters. The van der Waals surface area contributed by atoms with Crippen molar-refractivity contribution in [3.05, 3.63) is 82.8 Å². The van der Waals surface area contributed by atoms with Gasteiger partial charge in [0.15, 0.2) is 0 Å². The fourth-order valence-corrected chi connectivity index (χ4v) is 2.95. The lowest BCUT2D eigenvalue weighted by atomic mass is 10.1. The second-order valence-electron chi connectivity index (χ2n) is 6.14. The number of carbonyl (C=O) groups excluding carboxylic acids is 3. The number of anilines is 1. The highest BCUT2D eigenvalue weighted by molar-refractivity contribution is 6.39. The van der Waals surface area contributed by atoms with Crippen LogP contribution in [0.4, 0.5) is 14.9 Å². The van der Waals surface area contributed by atoms with E-state index >= 15 is 0 Å². The Morgan fingerprint density at radius 1 is 0.931 bits per heavy atom. The number of benzene rings is 2. The molecule has 3 aromatic rings. The first-order valence-electron chi connectivity index (χ1n) is 8.45. The Labute approximate surface area is 169 Å². The minimum Gasteiger partial charge on any atom is -0.457 e. The third-order valence-corrected chi connectivity index (χ3v) is 4.48. The molecular formula is C21H12ClFN2O4. The van der Waals surface area contributed by atoms with Crippen molar-refractivity contribution in [2.45, 2.75) is 0 Å². The number of nitrogens with zero attached hydrogens (tertiary/aromatic N) is 1. The van der Waals surface area contributed by atoms with Gasteiger partial charge in [0.1, 0.15) is 22.9 Å². The van der Waals surface area contributed by atoms with E-state index in [2.05, 4.69) is 5.32 Å². The summed E-state index contributed by atoms with van der Waals surface area (Å²) in [4.78, 5) is 38.0. The van der Waals surface area contributed by atoms with Crippen molar-refractivity contribution >= 4 is 41.2 Å². The number of rotatable bonds is 3.